The molecule has 0 spiro atoms. The first-order valence-electron chi connectivity index (χ1n) is 15.1. The van der Waals surface area contributed by atoms with Gasteiger partial charge in [0.1, 0.15) is 34.9 Å². The molecule has 2 aliphatic heterocycles. The quantitative estimate of drug-likeness (QED) is 0.271. The molecule has 1 N–H and O–H groups in total. The first-order chi connectivity index (χ1) is 21.3. The lowest BCUT2D eigenvalue weighted by molar-refractivity contribution is 0.0815. The zero-order valence-corrected chi connectivity index (χ0v) is 23.9. The van der Waals surface area contributed by atoms with Gasteiger partial charge in [0.15, 0.2) is 6.23 Å². The van der Waals surface area contributed by atoms with E-state index in [2.05, 4.69) is 94.9 Å². The summed E-state index contributed by atoms with van der Waals surface area (Å²) in [5.41, 5.74) is 10.1. The SMILES string of the molecule is COC1NC=Cc2c1nc(C1=CC=CCC1)n2-c1ccc(C2=CC3c4ccccc4OC3c3c2oc2c3C=CCC2)cc1. The number of nitrogens with zero attached hydrogens (tertiary/aromatic N) is 2. The van der Waals surface area contributed by atoms with Crippen LogP contribution in [0.15, 0.2) is 89.5 Å². The molecule has 3 unspecified atom stereocenters. The van der Waals surface area contributed by atoms with Crippen LogP contribution < -0.4 is 10.1 Å². The van der Waals surface area contributed by atoms with Crippen molar-refractivity contribution in [3.63, 3.8) is 0 Å². The second kappa shape index (κ2) is 9.61. The predicted octanol–water partition coefficient (Wildman–Crippen LogP) is 8.04. The van der Waals surface area contributed by atoms with Gasteiger partial charge in [-0.1, -0.05) is 66.8 Å². The maximum atomic E-state index is 6.64. The summed E-state index contributed by atoms with van der Waals surface area (Å²) in [5, 5.41) is 3.28. The average molecular weight is 566 g/mol. The van der Waals surface area contributed by atoms with Crippen LogP contribution >= 0.6 is 0 Å². The largest absolute Gasteiger partial charge is 0.484 e. The smallest absolute Gasteiger partial charge is 0.172 e. The Bertz CT molecular complexity index is 1930. The van der Waals surface area contributed by atoms with Crippen LogP contribution in [-0.2, 0) is 11.2 Å². The van der Waals surface area contributed by atoms with E-state index < -0.39 is 0 Å². The summed E-state index contributed by atoms with van der Waals surface area (Å²) in [6.45, 7) is 0. The fourth-order valence-corrected chi connectivity index (χ4v) is 7.24. The van der Waals surface area contributed by atoms with Crippen LogP contribution in [0.5, 0.6) is 5.75 Å². The van der Waals surface area contributed by atoms with Gasteiger partial charge in [-0.25, -0.2) is 4.98 Å². The van der Waals surface area contributed by atoms with Gasteiger partial charge in [0.05, 0.1) is 5.69 Å². The van der Waals surface area contributed by atoms with Gasteiger partial charge >= 0.3 is 0 Å². The van der Waals surface area contributed by atoms with Crippen LogP contribution in [0, 0.1) is 0 Å². The highest BCUT2D eigenvalue weighted by molar-refractivity contribution is 5.85. The van der Waals surface area contributed by atoms with Crippen LogP contribution in [0.2, 0.25) is 0 Å². The minimum Gasteiger partial charge on any atom is -0.484 e. The Kier molecular flexibility index (Phi) is 5.53. The number of rotatable bonds is 4. The zero-order chi connectivity index (χ0) is 28.5. The third kappa shape index (κ3) is 3.73. The number of aromatic nitrogens is 2. The predicted molar refractivity (Wildman–Crippen MR) is 168 cm³/mol. The number of benzene rings is 2. The first kappa shape index (κ1) is 24.8. The van der Waals surface area contributed by atoms with E-state index in [1.54, 1.807) is 7.11 Å². The number of furan rings is 1. The van der Waals surface area contributed by atoms with Crippen LogP contribution in [-0.4, -0.2) is 16.7 Å². The van der Waals surface area contributed by atoms with E-state index in [1.807, 2.05) is 12.3 Å². The molecule has 2 aromatic carbocycles. The van der Waals surface area contributed by atoms with Crippen molar-refractivity contribution in [3.05, 3.63) is 136 Å². The van der Waals surface area contributed by atoms with Crippen molar-refractivity contribution in [2.45, 2.75) is 43.9 Å². The third-order valence-corrected chi connectivity index (χ3v) is 9.27. The molecule has 0 amide bonds. The molecule has 0 fully saturated rings. The van der Waals surface area contributed by atoms with E-state index in [-0.39, 0.29) is 18.2 Å². The molecule has 2 aromatic heterocycles. The number of fused-ring (bicyclic) bond motifs is 8. The van der Waals surface area contributed by atoms with E-state index >= 15 is 0 Å². The van der Waals surface area contributed by atoms with Crippen molar-refractivity contribution in [3.8, 4) is 11.4 Å². The molecule has 6 nitrogen and oxygen atoms in total. The van der Waals surface area contributed by atoms with Crippen molar-refractivity contribution in [1.29, 1.82) is 0 Å². The van der Waals surface area contributed by atoms with Crippen molar-refractivity contribution < 1.29 is 13.9 Å². The average Bonchev–Trinajstić information content (AvgIpc) is 3.76. The fourth-order valence-electron chi connectivity index (χ4n) is 7.24. The lowest BCUT2D eigenvalue weighted by Crippen LogP contribution is -2.21. The van der Waals surface area contributed by atoms with Crippen molar-refractivity contribution >= 4 is 23.3 Å². The summed E-state index contributed by atoms with van der Waals surface area (Å²) in [6, 6.07) is 17.3. The summed E-state index contributed by atoms with van der Waals surface area (Å²) < 4.78 is 21.2. The number of nitrogens with one attached hydrogen (secondary N) is 1. The number of allylic oxidation sites excluding steroid dienone is 5. The number of imidazole rings is 1. The summed E-state index contributed by atoms with van der Waals surface area (Å²) >= 11 is 0. The highest BCUT2D eigenvalue weighted by Crippen LogP contribution is 2.55. The highest BCUT2D eigenvalue weighted by atomic mass is 16.5. The van der Waals surface area contributed by atoms with Gasteiger partial charge in [-0.2, -0.15) is 0 Å². The molecule has 9 rings (SSSR count). The van der Waals surface area contributed by atoms with Gasteiger partial charge in [-0.3, -0.25) is 4.57 Å². The lowest BCUT2D eigenvalue weighted by Gasteiger charge is -2.25. The molecule has 6 heteroatoms. The maximum Gasteiger partial charge on any atom is 0.172 e. The van der Waals surface area contributed by atoms with Gasteiger partial charge in [0.2, 0.25) is 0 Å². The molecule has 4 aromatic rings. The molecular weight excluding hydrogens is 534 g/mol. The van der Waals surface area contributed by atoms with Crippen LogP contribution in [0.25, 0.3) is 29.0 Å². The minimum absolute atomic E-state index is 0.0716. The van der Waals surface area contributed by atoms with Gasteiger partial charge in [-0.15, -0.1) is 0 Å². The standard InChI is InChI=1S/C37H31N3O3/c1-41-37-33-29(19-20-38-37)40(36(39-33)23-9-3-2-4-10-23)24-17-15-22(16-18-24)27-21-28-25-11-5-7-13-30(25)42-35(28)32-26-12-6-8-14-31(26)43-34(27)32/h2-3,5-7,9,11-13,15-21,28,35,37-38H,4,8,10,14H2,1H3. The molecule has 3 atom stereocenters. The fraction of sp³-hybridized carbons (Fsp3) is 0.216. The Labute approximate surface area is 250 Å². The third-order valence-electron chi connectivity index (χ3n) is 9.27. The summed E-state index contributed by atoms with van der Waals surface area (Å²) in [6.07, 6.45) is 20.9. The Hall–Kier alpha value is -4.81. The minimum atomic E-state index is -0.284. The zero-order valence-electron chi connectivity index (χ0n) is 23.9. The first-order valence-corrected chi connectivity index (χ1v) is 15.1. The number of methoxy groups -OCH3 is 1. The topological polar surface area (TPSA) is 61.5 Å². The van der Waals surface area contributed by atoms with E-state index in [1.165, 1.54) is 22.3 Å². The number of ether oxygens (including phenoxy) is 2. The Morgan fingerprint density at radius 1 is 1.00 bits per heavy atom. The highest BCUT2D eigenvalue weighted by Gasteiger charge is 2.43. The Morgan fingerprint density at radius 3 is 2.74 bits per heavy atom. The van der Waals surface area contributed by atoms with E-state index in [4.69, 9.17) is 18.9 Å². The summed E-state index contributed by atoms with van der Waals surface area (Å²) in [4.78, 5) is 5.12. The van der Waals surface area contributed by atoms with Crippen LogP contribution in [0.4, 0.5) is 0 Å². The van der Waals surface area contributed by atoms with Gasteiger partial charge in [-0.05, 0) is 54.7 Å². The van der Waals surface area contributed by atoms with Gasteiger partial charge in [0, 0.05) is 53.6 Å². The number of hydrogen-bond acceptors (Lipinski definition) is 5. The Balaban J connectivity index is 1.18. The molecule has 5 aliphatic rings. The molecule has 0 saturated carbocycles. The molecule has 43 heavy (non-hydrogen) atoms. The molecule has 0 bridgehead atoms. The van der Waals surface area contributed by atoms with E-state index in [0.29, 0.717) is 0 Å². The second-order valence-corrected chi connectivity index (χ2v) is 11.7. The van der Waals surface area contributed by atoms with Crippen molar-refractivity contribution in [2.24, 2.45) is 0 Å². The molecule has 212 valence electrons. The normalized spacial score (nSPS) is 22.4. The molecule has 0 saturated heterocycles. The second-order valence-electron chi connectivity index (χ2n) is 11.7. The lowest BCUT2D eigenvalue weighted by atomic mass is 9.80. The van der Waals surface area contributed by atoms with E-state index in [9.17, 15) is 0 Å². The molecule has 0 radical (unpaired) electrons. The molecule has 4 heterocycles. The maximum absolute atomic E-state index is 6.64. The number of aryl methyl sites for hydroxylation is 1. The van der Waals surface area contributed by atoms with Crippen LogP contribution in [0.3, 0.4) is 0 Å². The van der Waals surface area contributed by atoms with Crippen molar-refractivity contribution in [2.75, 3.05) is 7.11 Å². The van der Waals surface area contributed by atoms with Gasteiger partial charge < -0.3 is 19.2 Å². The van der Waals surface area contributed by atoms with E-state index in [0.717, 1.165) is 77.0 Å². The van der Waals surface area contributed by atoms with Crippen LogP contribution in [0.1, 0.15) is 88.5 Å². The summed E-state index contributed by atoms with van der Waals surface area (Å²) in [7, 11) is 1.71. The molecule has 3 aliphatic carbocycles. The molecular formula is C37H31N3O3. The number of hydrogen-bond donors (Lipinski definition) is 1. The van der Waals surface area contributed by atoms with Gasteiger partial charge in [0.25, 0.3) is 0 Å². The Morgan fingerprint density at radius 2 is 1.88 bits per heavy atom. The summed E-state index contributed by atoms with van der Waals surface area (Å²) in [5.74, 6) is 4.07. The number of para-hydroxylation sites is 1. The van der Waals surface area contributed by atoms with Crippen molar-refractivity contribution in [1.82, 2.24) is 14.9 Å². The monoisotopic (exact) mass is 565 g/mol.